The number of para-hydroxylation sites is 1. The van der Waals surface area contributed by atoms with Crippen LogP contribution in [0.4, 0.5) is 4.39 Å². The van der Waals surface area contributed by atoms with Gasteiger partial charge in [-0.05, 0) is 38.2 Å². The molecular formula is C18H23FN4O3. The van der Waals surface area contributed by atoms with Gasteiger partial charge in [-0.3, -0.25) is 14.8 Å². The Morgan fingerprint density at radius 2 is 1.96 bits per heavy atom. The first-order chi connectivity index (χ1) is 12.5. The van der Waals surface area contributed by atoms with Crippen molar-refractivity contribution in [2.24, 2.45) is 4.99 Å². The van der Waals surface area contributed by atoms with Crippen molar-refractivity contribution in [3.05, 3.63) is 56.5 Å². The lowest BCUT2D eigenvalue weighted by molar-refractivity contribution is 0.302. The second-order valence-corrected chi connectivity index (χ2v) is 5.70. The molecule has 7 nitrogen and oxygen atoms in total. The maximum atomic E-state index is 14.0. The quantitative estimate of drug-likeness (QED) is 0.550. The van der Waals surface area contributed by atoms with E-state index < -0.39 is 22.9 Å². The topological polar surface area (TPSA) is 90.7 Å². The molecule has 0 spiro atoms. The Kier molecular flexibility index (Phi) is 6.85. The van der Waals surface area contributed by atoms with Crippen LogP contribution in [0.1, 0.15) is 25.8 Å². The molecule has 0 aliphatic heterocycles. The van der Waals surface area contributed by atoms with Crippen LogP contribution in [-0.2, 0) is 0 Å². The number of benzene rings is 1. The number of rotatable bonds is 8. The van der Waals surface area contributed by atoms with Crippen molar-refractivity contribution in [1.82, 2.24) is 14.5 Å². The maximum Gasteiger partial charge on any atom is 0.335 e. The molecule has 0 saturated heterocycles. The summed E-state index contributed by atoms with van der Waals surface area (Å²) in [5, 5.41) is 10.3. The third-order valence-corrected chi connectivity index (χ3v) is 4.09. The summed E-state index contributed by atoms with van der Waals surface area (Å²) in [5.74, 6) is -1.34. The van der Waals surface area contributed by atoms with Gasteiger partial charge in [-0.1, -0.05) is 26.0 Å². The van der Waals surface area contributed by atoms with Gasteiger partial charge >= 0.3 is 5.69 Å². The zero-order valence-corrected chi connectivity index (χ0v) is 14.9. The molecule has 0 atom stereocenters. The standard InChI is InChI=1S/C18H23FN4O3/c1-3-22(4-2)11-7-10-20-12-13-16(24)21-18(26)23(17(13)25)15-9-6-5-8-14(15)19/h5-6,8-9,12,25H,3-4,7,10-11H2,1-2H3,(H,21,24,26). The minimum atomic E-state index is -0.920. The van der Waals surface area contributed by atoms with E-state index in [0.717, 1.165) is 32.1 Å². The number of nitrogens with zero attached hydrogens (tertiary/aromatic N) is 3. The molecule has 1 heterocycles. The van der Waals surface area contributed by atoms with Gasteiger partial charge in [0.15, 0.2) is 0 Å². The molecule has 0 saturated carbocycles. The van der Waals surface area contributed by atoms with Crippen LogP contribution < -0.4 is 11.2 Å². The molecule has 0 bridgehead atoms. The largest absolute Gasteiger partial charge is 0.493 e. The summed E-state index contributed by atoms with van der Waals surface area (Å²) < 4.78 is 14.7. The van der Waals surface area contributed by atoms with Crippen molar-refractivity contribution in [3.8, 4) is 11.6 Å². The Bertz CT molecular complexity index is 885. The molecule has 0 unspecified atom stereocenters. The molecule has 26 heavy (non-hydrogen) atoms. The smallest absolute Gasteiger partial charge is 0.335 e. The van der Waals surface area contributed by atoms with Crippen molar-refractivity contribution < 1.29 is 9.50 Å². The third kappa shape index (κ3) is 4.45. The van der Waals surface area contributed by atoms with Gasteiger partial charge in [-0.25, -0.2) is 13.8 Å². The molecule has 0 fully saturated rings. The first-order valence-corrected chi connectivity index (χ1v) is 8.55. The Hall–Kier alpha value is -2.74. The second kappa shape index (κ2) is 9.10. The normalized spacial score (nSPS) is 11.5. The van der Waals surface area contributed by atoms with Gasteiger partial charge in [0, 0.05) is 12.8 Å². The minimum Gasteiger partial charge on any atom is -0.493 e. The van der Waals surface area contributed by atoms with Gasteiger partial charge < -0.3 is 10.0 Å². The Morgan fingerprint density at radius 3 is 2.62 bits per heavy atom. The number of H-pyrrole nitrogens is 1. The summed E-state index contributed by atoms with van der Waals surface area (Å²) in [6.45, 7) is 7.41. The average molecular weight is 362 g/mol. The van der Waals surface area contributed by atoms with Crippen molar-refractivity contribution >= 4 is 6.21 Å². The van der Waals surface area contributed by atoms with Crippen LogP contribution in [0.2, 0.25) is 0 Å². The average Bonchev–Trinajstić information content (AvgIpc) is 2.62. The molecule has 0 amide bonds. The fourth-order valence-corrected chi connectivity index (χ4v) is 2.59. The predicted octanol–water partition coefficient (Wildman–Crippen LogP) is 1.52. The van der Waals surface area contributed by atoms with Gasteiger partial charge in [0.05, 0.1) is 5.69 Å². The van der Waals surface area contributed by atoms with E-state index in [9.17, 15) is 19.1 Å². The molecule has 8 heteroatoms. The number of aromatic hydroxyl groups is 1. The zero-order valence-electron chi connectivity index (χ0n) is 14.9. The first kappa shape index (κ1) is 19.6. The number of nitrogens with one attached hydrogen (secondary N) is 1. The summed E-state index contributed by atoms with van der Waals surface area (Å²) in [4.78, 5) is 32.5. The van der Waals surface area contributed by atoms with Crippen LogP contribution in [0.25, 0.3) is 5.69 Å². The number of aromatic amines is 1. The van der Waals surface area contributed by atoms with E-state index in [4.69, 9.17) is 0 Å². The lowest BCUT2D eigenvalue weighted by Gasteiger charge is -2.16. The Balaban J connectivity index is 2.26. The van der Waals surface area contributed by atoms with Gasteiger partial charge in [0.2, 0.25) is 5.88 Å². The molecule has 2 aromatic rings. The molecule has 0 aliphatic rings. The Labute approximate surface area is 150 Å². The van der Waals surface area contributed by atoms with Gasteiger partial charge in [0.1, 0.15) is 11.4 Å². The van der Waals surface area contributed by atoms with Gasteiger partial charge in [-0.15, -0.1) is 0 Å². The summed E-state index contributed by atoms with van der Waals surface area (Å²) in [5.41, 5.74) is -2.03. The van der Waals surface area contributed by atoms with Crippen LogP contribution >= 0.6 is 0 Å². The predicted molar refractivity (Wildman–Crippen MR) is 99.1 cm³/mol. The van der Waals surface area contributed by atoms with E-state index in [-0.39, 0.29) is 11.3 Å². The van der Waals surface area contributed by atoms with E-state index in [1.807, 2.05) is 0 Å². The van der Waals surface area contributed by atoms with E-state index in [2.05, 4.69) is 28.7 Å². The first-order valence-electron chi connectivity index (χ1n) is 8.55. The number of halogens is 1. The molecule has 0 aliphatic carbocycles. The number of hydrogen-bond acceptors (Lipinski definition) is 5. The highest BCUT2D eigenvalue weighted by molar-refractivity contribution is 5.82. The highest BCUT2D eigenvalue weighted by Gasteiger charge is 2.16. The van der Waals surface area contributed by atoms with E-state index in [0.29, 0.717) is 11.1 Å². The van der Waals surface area contributed by atoms with E-state index in [1.165, 1.54) is 24.4 Å². The van der Waals surface area contributed by atoms with E-state index in [1.54, 1.807) is 0 Å². The van der Waals surface area contributed by atoms with Crippen LogP contribution in [0.3, 0.4) is 0 Å². The molecule has 0 radical (unpaired) electrons. The molecule has 2 rings (SSSR count). The van der Waals surface area contributed by atoms with Gasteiger partial charge in [-0.2, -0.15) is 0 Å². The minimum absolute atomic E-state index is 0.151. The molecular weight excluding hydrogens is 339 g/mol. The van der Waals surface area contributed by atoms with Crippen molar-refractivity contribution in [2.75, 3.05) is 26.2 Å². The summed E-state index contributed by atoms with van der Waals surface area (Å²) in [6.07, 6.45) is 2.01. The monoisotopic (exact) mass is 362 g/mol. The molecule has 2 N–H and O–H groups in total. The van der Waals surface area contributed by atoms with Crippen LogP contribution in [0.5, 0.6) is 5.88 Å². The molecule has 1 aromatic carbocycles. The highest BCUT2D eigenvalue weighted by Crippen LogP contribution is 2.17. The van der Waals surface area contributed by atoms with Gasteiger partial charge in [0.25, 0.3) is 5.56 Å². The second-order valence-electron chi connectivity index (χ2n) is 5.70. The Morgan fingerprint density at radius 1 is 1.27 bits per heavy atom. The maximum absolute atomic E-state index is 14.0. The van der Waals surface area contributed by atoms with Crippen LogP contribution in [-0.4, -0.2) is 52.0 Å². The van der Waals surface area contributed by atoms with E-state index >= 15 is 0 Å². The molecule has 1 aromatic heterocycles. The molecule has 140 valence electrons. The number of aliphatic imine (C=N–C) groups is 1. The number of hydrogen-bond donors (Lipinski definition) is 2. The SMILES string of the molecule is CCN(CC)CCCN=Cc1c(O)n(-c2ccccc2F)c(=O)[nH]c1=O. The summed E-state index contributed by atoms with van der Waals surface area (Å²) in [6, 6.07) is 5.48. The highest BCUT2D eigenvalue weighted by atomic mass is 19.1. The fraction of sp³-hybridized carbons (Fsp3) is 0.389. The summed E-state index contributed by atoms with van der Waals surface area (Å²) in [7, 11) is 0. The number of aromatic nitrogens is 2. The summed E-state index contributed by atoms with van der Waals surface area (Å²) >= 11 is 0. The lowest BCUT2D eigenvalue weighted by Crippen LogP contribution is -2.31. The lowest BCUT2D eigenvalue weighted by atomic mass is 10.2. The van der Waals surface area contributed by atoms with Crippen LogP contribution in [0.15, 0.2) is 38.8 Å². The van der Waals surface area contributed by atoms with Crippen LogP contribution in [0, 0.1) is 5.82 Å². The van der Waals surface area contributed by atoms with Crippen molar-refractivity contribution in [2.45, 2.75) is 20.3 Å². The van der Waals surface area contributed by atoms with Crippen molar-refractivity contribution in [1.29, 1.82) is 0 Å². The third-order valence-electron chi connectivity index (χ3n) is 4.09. The van der Waals surface area contributed by atoms with Crippen molar-refractivity contribution in [3.63, 3.8) is 0 Å². The fourth-order valence-electron chi connectivity index (χ4n) is 2.59. The zero-order chi connectivity index (χ0) is 19.1.